The van der Waals surface area contributed by atoms with Gasteiger partial charge in [-0.05, 0) is 58.7 Å². The third kappa shape index (κ3) is 7.77. The smallest absolute Gasteiger partial charge is 0.420 e. The fourth-order valence-corrected chi connectivity index (χ4v) is 3.25. The number of rotatable bonds is 3. The Morgan fingerprint density at radius 2 is 1.48 bits per heavy atom. The predicted molar refractivity (Wildman–Crippen MR) is 105 cm³/mol. The van der Waals surface area contributed by atoms with Crippen LogP contribution in [0.2, 0.25) is 0 Å². The number of nitrogens with zero attached hydrogens (tertiary/aromatic N) is 1. The molecule has 5 nitrogen and oxygen atoms in total. The van der Waals surface area contributed by atoms with Gasteiger partial charge in [-0.1, -0.05) is 44.0 Å². The first-order chi connectivity index (χ1) is 11.3. The van der Waals surface area contributed by atoms with E-state index in [1.165, 1.54) is 0 Å². The first-order valence-corrected chi connectivity index (χ1v) is 9.80. The molecule has 0 spiro atoms. The molecule has 140 valence electrons. The fourth-order valence-electron chi connectivity index (χ4n) is 1.82. The SMILES string of the molecule is CC(C)(C)OC(=O)N(Cc1ccc(CBr)c(Br)c1)C(=O)OC(C)(C)C. The lowest BCUT2D eigenvalue weighted by atomic mass is 10.1. The maximum absolute atomic E-state index is 12.5. The zero-order chi connectivity index (χ0) is 19.4. The van der Waals surface area contributed by atoms with Crippen molar-refractivity contribution in [2.24, 2.45) is 0 Å². The predicted octanol–water partition coefficient (Wildman–Crippen LogP) is 6.02. The maximum atomic E-state index is 12.5. The van der Waals surface area contributed by atoms with Gasteiger partial charge in [0.25, 0.3) is 0 Å². The van der Waals surface area contributed by atoms with Gasteiger partial charge < -0.3 is 9.47 Å². The van der Waals surface area contributed by atoms with Gasteiger partial charge in [0.15, 0.2) is 0 Å². The van der Waals surface area contributed by atoms with Crippen molar-refractivity contribution in [2.45, 2.75) is 64.6 Å². The van der Waals surface area contributed by atoms with Gasteiger partial charge in [-0.3, -0.25) is 0 Å². The first kappa shape index (κ1) is 22.0. The molecule has 0 saturated carbocycles. The molecule has 0 aromatic heterocycles. The van der Waals surface area contributed by atoms with E-state index in [4.69, 9.17) is 9.47 Å². The van der Waals surface area contributed by atoms with Crippen LogP contribution in [0.5, 0.6) is 0 Å². The zero-order valence-electron chi connectivity index (χ0n) is 15.5. The molecule has 25 heavy (non-hydrogen) atoms. The van der Waals surface area contributed by atoms with Crippen LogP contribution in [0.15, 0.2) is 22.7 Å². The second-order valence-electron chi connectivity index (χ2n) is 7.61. The molecule has 1 rings (SSSR count). The molecular weight excluding hydrogens is 454 g/mol. The van der Waals surface area contributed by atoms with E-state index in [1.54, 1.807) is 41.5 Å². The number of alkyl halides is 1. The summed E-state index contributed by atoms with van der Waals surface area (Å²) in [7, 11) is 0. The van der Waals surface area contributed by atoms with E-state index in [1.807, 2.05) is 18.2 Å². The van der Waals surface area contributed by atoms with Gasteiger partial charge in [-0.15, -0.1) is 0 Å². The van der Waals surface area contributed by atoms with E-state index in [0.717, 1.165) is 20.5 Å². The van der Waals surface area contributed by atoms with Crippen molar-refractivity contribution in [1.82, 2.24) is 4.90 Å². The van der Waals surface area contributed by atoms with Gasteiger partial charge in [0, 0.05) is 9.80 Å². The van der Waals surface area contributed by atoms with E-state index < -0.39 is 23.4 Å². The second-order valence-corrected chi connectivity index (χ2v) is 9.02. The highest BCUT2D eigenvalue weighted by Crippen LogP contribution is 2.23. The molecule has 7 heteroatoms. The number of ether oxygens (including phenoxy) is 2. The van der Waals surface area contributed by atoms with Gasteiger partial charge in [0.1, 0.15) is 11.2 Å². The summed E-state index contributed by atoms with van der Waals surface area (Å²) < 4.78 is 11.6. The summed E-state index contributed by atoms with van der Waals surface area (Å²) in [5.41, 5.74) is 0.438. The van der Waals surface area contributed by atoms with Gasteiger partial charge in [0.05, 0.1) is 6.54 Å². The molecule has 1 aromatic carbocycles. The van der Waals surface area contributed by atoms with E-state index >= 15 is 0 Å². The summed E-state index contributed by atoms with van der Waals surface area (Å²) >= 11 is 6.90. The highest BCUT2D eigenvalue weighted by Gasteiger charge is 2.31. The van der Waals surface area contributed by atoms with Crippen LogP contribution < -0.4 is 0 Å². The van der Waals surface area contributed by atoms with Crippen LogP contribution in [0.25, 0.3) is 0 Å². The molecular formula is C18H25Br2NO4. The van der Waals surface area contributed by atoms with Gasteiger partial charge in [-0.25, -0.2) is 14.5 Å². The normalized spacial score (nSPS) is 11.8. The van der Waals surface area contributed by atoms with Crippen molar-refractivity contribution in [1.29, 1.82) is 0 Å². The Bertz CT molecular complexity index is 605. The first-order valence-electron chi connectivity index (χ1n) is 7.89. The summed E-state index contributed by atoms with van der Waals surface area (Å²) in [6.45, 7) is 10.6. The third-order valence-corrected chi connectivity index (χ3v) is 4.17. The van der Waals surface area contributed by atoms with E-state index in [9.17, 15) is 9.59 Å². The lowest BCUT2D eigenvalue weighted by Crippen LogP contribution is -2.43. The van der Waals surface area contributed by atoms with Crippen LogP contribution in [0.4, 0.5) is 9.59 Å². The van der Waals surface area contributed by atoms with E-state index in [-0.39, 0.29) is 6.54 Å². The summed E-state index contributed by atoms with van der Waals surface area (Å²) in [5, 5.41) is 0.704. The lowest BCUT2D eigenvalue weighted by molar-refractivity contribution is -0.000246. The van der Waals surface area contributed by atoms with Gasteiger partial charge in [0.2, 0.25) is 0 Å². The van der Waals surface area contributed by atoms with E-state index in [0.29, 0.717) is 5.33 Å². The lowest BCUT2D eigenvalue weighted by Gasteiger charge is -2.28. The Kier molecular flexibility index (Phi) is 7.50. The van der Waals surface area contributed by atoms with Crippen LogP contribution >= 0.6 is 31.9 Å². The molecule has 0 aliphatic heterocycles. The quantitative estimate of drug-likeness (QED) is 0.498. The van der Waals surface area contributed by atoms with Crippen molar-refractivity contribution in [3.63, 3.8) is 0 Å². The van der Waals surface area contributed by atoms with Crippen molar-refractivity contribution in [3.05, 3.63) is 33.8 Å². The monoisotopic (exact) mass is 477 g/mol. The van der Waals surface area contributed by atoms with Crippen LogP contribution in [0.1, 0.15) is 52.7 Å². The number of hydrogen-bond acceptors (Lipinski definition) is 4. The minimum atomic E-state index is -0.734. The number of imide groups is 1. The molecule has 0 unspecified atom stereocenters. The largest absolute Gasteiger partial charge is 0.443 e. The van der Waals surface area contributed by atoms with Gasteiger partial charge >= 0.3 is 12.2 Å². The highest BCUT2D eigenvalue weighted by atomic mass is 79.9. The molecule has 1 aromatic rings. The number of halogens is 2. The summed E-state index contributed by atoms with van der Waals surface area (Å²) in [6, 6.07) is 5.66. The molecule has 2 amide bonds. The standard InChI is InChI=1S/C18H25Br2NO4/c1-17(2,3)24-15(22)21(16(23)25-18(4,5)6)11-12-7-8-13(10-19)14(20)9-12/h7-9H,10-11H2,1-6H3. The van der Waals surface area contributed by atoms with Crippen LogP contribution in [-0.2, 0) is 21.3 Å². The molecule has 0 N–H and O–H groups in total. The molecule has 0 heterocycles. The number of hydrogen-bond donors (Lipinski definition) is 0. The Morgan fingerprint density at radius 3 is 1.84 bits per heavy atom. The summed E-state index contributed by atoms with van der Waals surface area (Å²) in [4.78, 5) is 25.9. The topological polar surface area (TPSA) is 55.8 Å². The summed E-state index contributed by atoms with van der Waals surface area (Å²) in [5.74, 6) is 0. The molecule has 0 fully saturated rings. The average molecular weight is 479 g/mol. The Hall–Kier alpha value is -1.08. The third-order valence-electron chi connectivity index (χ3n) is 2.83. The van der Waals surface area contributed by atoms with Crippen molar-refractivity contribution >= 4 is 44.0 Å². The fraction of sp³-hybridized carbons (Fsp3) is 0.556. The highest BCUT2D eigenvalue weighted by molar-refractivity contribution is 9.10. The van der Waals surface area contributed by atoms with Crippen LogP contribution in [-0.4, -0.2) is 28.3 Å². The molecule has 0 aliphatic carbocycles. The Labute approximate surface area is 166 Å². The molecule has 0 atom stereocenters. The minimum Gasteiger partial charge on any atom is -0.443 e. The Balaban J connectivity index is 3.07. The van der Waals surface area contributed by atoms with Crippen LogP contribution in [0.3, 0.4) is 0 Å². The maximum Gasteiger partial charge on any atom is 0.420 e. The molecule has 0 aliphatic rings. The molecule has 0 bridgehead atoms. The molecule has 0 saturated heterocycles. The van der Waals surface area contributed by atoms with E-state index in [2.05, 4.69) is 31.9 Å². The van der Waals surface area contributed by atoms with Crippen molar-refractivity contribution in [2.75, 3.05) is 0 Å². The van der Waals surface area contributed by atoms with Crippen molar-refractivity contribution in [3.8, 4) is 0 Å². The second kappa shape index (κ2) is 8.54. The number of carbonyl (C=O) groups excluding carboxylic acids is 2. The molecule has 0 radical (unpaired) electrons. The number of carbonyl (C=O) groups is 2. The number of benzene rings is 1. The summed E-state index contributed by atoms with van der Waals surface area (Å²) in [6.07, 6.45) is -1.47. The van der Waals surface area contributed by atoms with Crippen LogP contribution in [0, 0.1) is 0 Å². The van der Waals surface area contributed by atoms with Crippen molar-refractivity contribution < 1.29 is 19.1 Å². The zero-order valence-corrected chi connectivity index (χ0v) is 18.7. The Morgan fingerprint density at radius 1 is 1.00 bits per heavy atom. The minimum absolute atomic E-state index is 0.0605. The average Bonchev–Trinajstić information content (AvgIpc) is 2.40. The van der Waals surface area contributed by atoms with Gasteiger partial charge in [-0.2, -0.15) is 0 Å². The number of amides is 2.